The molecule has 2 atom stereocenters. The van der Waals surface area contributed by atoms with Crippen LogP contribution in [0.2, 0.25) is 0 Å². The topological polar surface area (TPSA) is 119 Å². The second kappa shape index (κ2) is 8.31. The van der Waals surface area contributed by atoms with Crippen LogP contribution in [0.4, 0.5) is 4.39 Å². The van der Waals surface area contributed by atoms with Gasteiger partial charge in [0, 0.05) is 17.7 Å². The lowest BCUT2D eigenvalue weighted by Crippen LogP contribution is -2.45. The SMILES string of the molecule is Cc1[nH]c(=O)c(C#N)c(C)c1CCC(=O)NC1NONC1c1ccccc1F. The number of nitrogens with zero attached hydrogens (tertiary/aromatic N) is 1. The number of amides is 1. The van der Waals surface area contributed by atoms with E-state index in [0.29, 0.717) is 23.2 Å². The summed E-state index contributed by atoms with van der Waals surface area (Å²) >= 11 is 0. The van der Waals surface area contributed by atoms with E-state index in [9.17, 15) is 14.0 Å². The second-order valence-electron chi connectivity index (χ2n) is 6.55. The molecule has 28 heavy (non-hydrogen) atoms. The number of nitrogens with one attached hydrogen (secondary N) is 4. The highest BCUT2D eigenvalue weighted by atomic mass is 19.1. The van der Waals surface area contributed by atoms with E-state index in [2.05, 4.69) is 21.3 Å². The van der Waals surface area contributed by atoms with Crippen LogP contribution in [0.5, 0.6) is 0 Å². The summed E-state index contributed by atoms with van der Waals surface area (Å²) in [6.45, 7) is 3.42. The fraction of sp³-hybridized carbons (Fsp3) is 0.316. The Kier molecular flexibility index (Phi) is 5.84. The van der Waals surface area contributed by atoms with Crippen molar-refractivity contribution in [3.8, 4) is 6.07 Å². The molecule has 2 unspecified atom stereocenters. The predicted octanol–water partition coefficient (Wildman–Crippen LogP) is 1.16. The molecule has 1 amide bonds. The zero-order chi connectivity index (χ0) is 20.3. The van der Waals surface area contributed by atoms with Gasteiger partial charge in [0.1, 0.15) is 23.6 Å². The number of rotatable bonds is 5. The zero-order valence-corrected chi connectivity index (χ0v) is 15.4. The smallest absolute Gasteiger partial charge is 0.266 e. The number of hydroxylamine groups is 2. The molecule has 0 radical (unpaired) electrons. The molecule has 0 bridgehead atoms. The molecule has 8 nitrogen and oxygen atoms in total. The molecular weight excluding hydrogens is 365 g/mol. The minimum absolute atomic E-state index is 0.0516. The lowest BCUT2D eigenvalue weighted by atomic mass is 9.99. The van der Waals surface area contributed by atoms with Gasteiger partial charge in [-0.3, -0.25) is 9.59 Å². The van der Waals surface area contributed by atoms with Crippen molar-refractivity contribution >= 4 is 5.91 Å². The number of hydrogen-bond acceptors (Lipinski definition) is 6. The minimum atomic E-state index is -0.656. The van der Waals surface area contributed by atoms with Crippen LogP contribution in [0, 0.1) is 31.0 Å². The number of aromatic amines is 1. The molecule has 1 aliphatic rings. The Morgan fingerprint density at radius 2 is 2.07 bits per heavy atom. The summed E-state index contributed by atoms with van der Waals surface area (Å²) in [5.74, 6) is -0.690. The summed E-state index contributed by atoms with van der Waals surface area (Å²) < 4.78 is 14.0. The van der Waals surface area contributed by atoms with Crippen LogP contribution in [0.3, 0.4) is 0 Å². The third kappa shape index (κ3) is 3.94. The van der Waals surface area contributed by atoms with Crippen molar-refractivity contribution in [2.24, 2.45) is 0 Å². The van der Waals surface area contributed by atoms with Crippen molar-refractivity contribution in [3.63, 3.8) is 0 Å². The first kappa shape index (κ1) is 19.7. The standard InChI is InChI=1S/C19H20FN5O3/c1-10-12(11(2)22-19(27)14(10)9-21)7-8-16(26)23-18-17(24-28-25-18)13-5-3-4-6-15(13)20/h3-6,17-18,24-25H,7-8H2,1-2H3,(H,22,27)(H,23,26). The number of carbonyl (C=O) groups is 1. The molecule has 1 saturated heterocycles. The summed E-state index contributed by atoms with van der Waals surface area (Å²) in [5.41, 5.74) is 7.19. The van der Waals surface area contributed by atoms with Gasteiger partial charge in [-0.05, 0) is 37.5 Å². The quantitative estimate of drug-likeness (QED) is 0.613. The average Bonchev–Trinajstić information content (AvgIpc) is 3.09. The molecule has 1 aromatic heterocycles. The van der Waals surface area contributed by atoms with Gasteiger partial charge in [-0.1, -0.05) is 18.2 Å². The van der Waals surface area contributed by atoms with Crippen LogP contribution in [-0.2, 0) is 16.2 Å². The van der Waals surface area contributed by atoms with E-state index in [1.165, 1.54) is 6.07 Å². The molecule has 1 aliphatic heterocycles. The summed E-state index contributed by atoms with van der Waals surface area (Å²) in [6, 6.07) is 7.53. The maximum atomic E-state index is 14.0. The molecule has 0 spiro atoms. The Morgan fingerprint density at radius 3 is 2.79 bits per heavy atom. The van der Waals surface area contributed by atoms with Crippen LogP contribution < -0.4 is 21.8 Å². The fourth-order valence-electron chi connectivity index (χ4n) is 3.28. The number of carbonyl (C=O) groups excluding carboxylic acids is 1. The number of halogens is 1. The fourth-order valence-corrected chi connectivity index (χ4v) is 3.28. The maximum Gasteiger partial charge on any atom is 0.266 e. The molecule has 1 aromatic carbocycles. The Bertz CT molecular complexity index is 998. The van der Waals surface area contributed by atoms with Crippen molar-refractivity contribution in [2.45, 2.75) is 38.9 Å². The normalized spacial score (nSPS) is 18.6. The minimum Gasteiger partial charge on any atom is -0.337 e. The second-order valence-corrected chi connectivity index (χ2v) is 6.55. The van der Waals surface area contributed by atoms with Gasteiger partial charge in [-0.25, -0.2) is 9.33 Å². The van der Waals surface area contributed by atoms with Crippen molar-refractivity contribution in [1.29, 1.82) is 5.26 Å². The monoisotopic (exact) mass is 385 g/mol. The first-order chi connectivity index (χ1) is 13.4. The van der Waals surface area contributed by atoms with Gasteiger partial charge in [0.2, 0.25) is 5.91 Å². The third-order valence-electron chi connectivity index (χ3n) is 4.78. The number of pyridine rings is 1. The van der Waals surface area contributed by atoms with Crippen molar-refractivity contribution < 1.29 is 14.1 Å². The number of nitriles is 1. The highest BCUT2D eigenvalue weighted by Gasteiger charge is 2.32. The van der Waals surface area contributed by atoms with Gasteiger partial charge in [0.05, 0.1) is 6.04 Å². The lowest BCUT2D eigenvalue weighted by molar-refractivity contribution is -0.122. The molecule has 1 fully saturated rings. The molecule has 4 N–H and O–H groups in total. The number of H-pyrrole nitrogens is 1. The van der Waals surface area contributed by atoms with Crippen LogP contribution in [0.15, 0.2) is 29.1 Å². The number of benzene rings is 1. The van der Waals surface area contributed by atoms with Crippen LogP contribution in [0.1, 0.15) is 40.4 Å². The van der Waals surface area contributed by atoms with E-state index in [1.807, 2.05) is 6.07 Å². The first-order valence-corrected chi connectivity index (χ1v) is 8.75. The number of aromatic nitrogens is 1. The summed E-state index contributed by atoms with van der Waals surface area (Å²) in [6.07, 6.45) is -0.182. The lowest BCUT2D eigenvalue weighted by Gasteiger charge is -2.19. The third-order valence-corrected chi connectivity index (χ3v) is 4.78. The molecule has 2 aromatic rings. The van der Waals surface area contributed by atoms with Gasteiger partial charge in [-0.2, -0.15) is 16.2 Å². The van der Waals surface area contributed by atoms with E-state index in [0.717, 1.165) is 5.56 Å². The van der Waals surface area contributed by atoms with E-state index in [-0.39, 0.29) is 17.9 Å². The van der Waals surface area contributed by atoms with Crippen LogP contribution in [0.25, 0.3) is 0 Å². The summed E-state index contributed by atoms with van der Waals surface area (Å²) in [4.78, 5) is 31.8. The zero-order valence-electron chi connectivity index (χ0n) is 15.4. The van der Waals surface area contributed by atoms with E-state index in [4.69, 9.17) is 10.2 Å². The Balaban J connectivity index is 1.68. The summed E-state index contributed by atoms with van der Waals surface area (Å²) in [7, 11) is 0. The van der Waals surface area contributed by atoms with Gasteiger partial charge in [0.15, 0.2) is 0 Å². The van der Waals surface area contributed by atoms with E-state index < -0.39 is 23.6 Å². The Labute approximate surface area is 160 Å². The molecule has 0 aliphatic carbocycles. The highest BCUT2D eigenvalue weighted by Crippen LogP contribution is 2.22. The largest absolute Gasteiger partial charge is 0.337 e. The molecule has 9 heteroatoms. The number of hydrogen-bond donors (Lipinski definition) is 4. The number of aryl methyl sites for hydroxylation is 1. The molecule has 146 valence electrons. The first-order valence-electron chi connectivity index (χ1n) is 8.75. The molecule has 0 saturated carbocycles. The van der Waals surface area contributed by atoms with Crippen molar-refractivity contribution in [1.82, 2.24) is 21.3 Å². The van der Waals surface area contributed by atoms with Crippen LogP contribution in [-0.4, -0.2) is 17.1 Å². The van der Waals surface area contributed by atoms with Gasteiger partial charge < -0.3 is 10.3 Å². The maximum absolute atomic E-state index is 14.0. The van der Waals surface area contributed by atoms with Gasteiger partial charge >= 0.3 is 0 Å². The molecule has 2 heterocycles. The van der Waals surface area contributed by atoms with E-state index >= 15 is 0 Å². The molecule has 3 rings (SSSR count). The van der Waals surface area contributed by atoms with Gasteiger partial charge in [-0.15, -0.1) is 0 Å². The Hall–Kier alpha value is -3.06. The van der Waals surface area contributed by atoms with Crippen molar-refractivity contribution in [3.05, 3.63) is 68.4 Å². The van der Waals surface area contributed by atoms with Crippen molar-refractivity contribution in [2.75, 3.05) is 0 Å². The predicted molar refractivity (Wildman–Crippen MR) is 98.0 cm³/mol. The van der Waals surface area contributed by atoms with E-state index in [1.54, 1.807) is 32.0 Å². The Morgan fingerprint density at radius 1 is 1.32 bits per heavy atom. The summed E-state index contributed by atoms with van der Waals surface area (Å²) in [5, 5.41) is 11.9. The molecular formula is C19H20FN5O3. The highest BCUT2D eigenvalue weighted by molar-refractivity contribution is 5.76. The van der Waals surface area contributed by atoms with Gasteiger partial charge in [0.25, 0.3) is 5.56 Å². The van der Waals surface area contributed by atoms with Crippen LogP contribution >= 0.6 is 0 Å². The average molecular weight is 385 g/mol.